The average molecular weight is 358 g/mol. The molecule has 0 atom stereocenters. The number of hydrogen-bond acceptors (Lipinski definition) is 3. The van der Waals surface area contributed by atoms with E-state index in [1.54, 1.807) is 31.4 Å². The molecule has 0 saturated heterocycles. The Hall–Kier alpha value is -1.46. The fourth-order valence-corrected chi connectivity index (χ4v) is 2.14. The lowest BCUT2D eigenvalue weighted by atomic mass is 10.2. The topological polar surface area (TPSA) is 54.3 Å². The van der Waals surface area contributed by atoms with Crippen LogP contribution in [-0.2, 0) is 11.3 Å². The van der Waals surface area contributed by atoms with Gasteiger partial charge in [0, 0.05) is 12.1 Å². The predicted octanol–water partition coefficient (Wildman–Crippen LogP) is 4.66. The monoisotopic (exact) mass is 356 g/mol. The molecular weight excluding hydrogens is 344 g/mol. The third-order valence-corrected chi connectivity index (χ3v) is 3.74. The summed E-state index contributed by atoms with van der Waals surface area (Å²) in [7, 11) is 0. The number of nitrogens with one attached hydrogen (secondary N) is 2. The summed E-state index contributed by atoms with van der Waals surface area (Å²) in [5.74, 6) is 0.746. The Balaban J connectivity index is 2.08. The zero-order chi connectivity index (χ0) is 14.5. The third-order valence-electron chi connectivity index (χ3n) is 2.70. The van der Waals surface area contributed by atoms with Crippen molar-refractivity contribution in [3.8, 4) is 0 Å². The quantitative estimate of drug-likeness (QED) is 0.818. The minimum atomic E-state index is -0.0351. The summed E-state index contributed by atoms with van der Waals surface area (Å²) >= 11 is 9.52. The standard InChI is InChI=1S/C14H14BrClN2O2/c1-2-14(19)18-9-3-4-11(16)12(7-9)17-8-13-10(15)5-6-20-13/h3-7,17H,2,8H2,1H3,(H,18,19). The molecule has 0 bridgehead atoms. The number of benzene rings is 1. The fraction of sp³-hybridized carbons (Fsp3) is 0.214. The fourth-order valence-electron chi connectivity index (χ4n) is 1.61. The van der Waals surface area contributed by atoms with Crippen LogP contribution in [0.4, 0.5) is 11.4 Å². The van der Waals surface area contributed by atoms with E-state index in [0.29, 0.717) is 23.7 Å². The van der Waals surface area contributed by atoms with Gasteiger partial charge in [-0.3, -0.25) is 4.79 Å². The first kappa shape index (κ1) is 14.9. The van der Waals surface area contributed by atoms with Crippen molar-refractivity contribution in [2.45, 2.75) is 19.9 Å². The summed E-state index contributed by atoms with van der Waals surface area (Å²) in [5, 5.41) is 6.56. The molecule has 0 spiro atoms. The zero-order valence-corrected chi connectivity index (χ0v) is 13.2. The largest absolute Gasteiger partial charge is 0.466 e. The molecule has 106 valence electrons. The van der Waals surface area contributed by atoms with Gasteiger partial charge in [-0.15, -0.1) is 0 Å². The molecule has 0 aliphatic heterocycles. The first-order valence-electron chi connectivity index (χ1n) is 6.15. The van der Waals surface area contributed by atoms with Crippen LogP contribution >= 0.6 is 27.5 Å². The maximum atomic E-state index is 11.4. The summed E-state index contributed by atoms with van der Waals surface area (Å²) in [5.41, 5.74) is 1.45. The number of carbonyl (C=O) groups excluding carboxylic acids is 1. The van der Waals surface area contributed by atoms with E-state index < -0.39 is 0 Å². The van der Waals surface area contributed by atoms with Crippen LogP contribution in [0.2, 0.25) is 5.02 Å². The van der Waals surface area contributed by atoms with E-state index in [2.05, 4.69) is 26.6 Å². The number of hydrogen-bond donors (Lipinski definition) is 2. The van der Waals surface area contributed by atoms with Crippen LogP contribution in [0, 0.1) is 0 Å². The molecule has 2 aromatic rings. The van der Waals surface area contributed by atoms with E-state index in [4.69, 9.17) is 16.0 Å². The number of furan rings is 1. The van der Waals surface area contributed by atoms with Crippen LogP contribution in [0.15, 0.2) is 39.4 Å². The molecule has 0 fully saturated rings. The van der Waals surface area contributed by atoms with Crippen LogP contribution in [0.5, 0.6) is 0 Å². The predicted molar refractivity (Wildman–Crippen MR) is 84.1 cm³/mol. The van der Waals surface area contributed by atoms with Crippen LogP contribution in [-0.4, -0.2) is 5.91 Å². The lowest BCUT2D eigenvalue weighted by Gasteiger charge is -2.10. The summed E-state index contributed by atoms with van der Waals surface area (Å²) < 4.78 is 6.22. The number of carbonyl (C=O) groups is 1. The maximum Gasteiger partial charge on any atom is 0.224 e. The lowest BCUT2D eigenvalue weighted by Crippen LogP contribution is -2.09. The van der Waals surface area contributed by atoms with Gasteiger partial charge < -0.3 is 15.1 Å². The molecular formula is C14H14BrClN2O2. The van der Waals surface area contributed by atoms with E-state index >= 15 is 0 Å². The SMILES string of the molecule is CCC(=O)Nc1ccc(Cl)c(NCc2occc2Br)c1. The molecule has 0 aliphatic carbocycles. The second-order valence-corrected chi connectivity index (χ2v) is 5.40. The Kier molecular flexibility index (Phi) is 5.09. The van der Waals surface area contributed by atoms with Gasteiger partial charge in [-0.2, -0.15) is 0 Å². The molecule has 0 radical (unpaired) electrons. The van der Waals surface area contributed by atoms with Gasteiger partial charge in [0.05, 0.1) is 28.0 Å². The smallest absolute Gasteiger partial charge is 0.224 e. The second-order valence-electron chi connectivity index (χ2n) is 4.14. The first-order chi connectivity index (χ1) is 9.60. The van der Waals surface area contributed by atoms with Crippen molar-refractivity contribution in [2.75, 3.05) is 10.6 Å². The summed E-state index contributed by atoms with van der Waals surface area (Å²) in [6.07, 6.45) is 2.05. The highest BCUT2D eigenvalue weighted by atomic mass is 79.9. The minimum Gasteiger partial charge on any atom is -0.466 e. The van der Waals surface area contributed by atoms with E-state index in [1.165, 1.54) is 0 Å². The second kappa shape index (κ2) is 6.81. The minimum absolute atomic E-state index is 0.0351. The van der Waals surface area contributed by atoms with Gasteiger partial charge in [0.25, 0.3) is 0 Å². The molecule has 2 rings (SSSR count). The van der Waals surface area contributed by atoms with Crippen molar-refractivity contribution in [1.82, 2.24) is 0 Å². The highest BCUT2D eigenvalue weighted by Crippen LogP contribution is 2.27. The molecule has 0 saturated carbocycles. The van der Waals surface area contributed by atoms with Crippen LogP contribution < -0.4 is 10.6 Å². The first-order valence-corrected chi connectivity index (χ1v) is 7.32. The molecule has 1 aromatic heterocycles. The van der Waals surface area contributed by atoms with Gasteiger partial charge in [-0.25, -0.2) is 0 Å². The number of rotatable bonds is 5. The maximum absolute atomic E-state index is 11.4. The molecule has 0 unspecified atom stereocenters. The normalized spacial score (nSPS) is 10.3. The van der Waals surface area contributed by atoms with E-state index in [0.717, 1.165) is 15.9 Å². The van der Waals surface area contributed by atoms with Gasteiger partial charge in [-0.1, -0.05) is 18.5 Å². The summed E-state index contributed by atoms with van der Waals surface area (Å²) in [6, 6.07) is 7.14. The average Bonchev–Trinajstić information content (AvgIpc) is 2.84. The van der Waals surface area contributed by atoms with Crippen LogP contribution in [0.1, 0.15) is 19.1 Å². The third kappa shape index (κ3) is 3.77. The van der Waals surface area contributed by atoms with Crippen molar-refractivity contribution in [1.29, 1.82) is 0 Å². The van der Waals surface area contributed by atoms with Gasteiger partial charge in [-0.05, 0) is 40.2 Å². The molecule has 1 aromatic carbocycles. The number of amides is 1. The van der Waals surface area contributed by atoms with Gasteiger partial charge >= 0.3 is 0 Å². The molecule has 2 N–H and O–H groups in total. The van der Waals surface area contributed by atoms with Crippen molar-refractivity contribution in [3.63, 3.8) is 0 Å². The van der Waals surface area contributed by atoms with Crippen molar-refractivity contribution in [3.05, 3.63) is 45.8 Å². The number of anilines is 2. The summed E-state index contributed by atoms with van der Waals surface area (Å²) in [4.78, 5) is 11.4. The Morgan fingerprint density at radius 1 is 1.40 bits per heavy atom. The molecule has 6 heteroatoms. The molecule has 0 aliphatic rings. The van der Waals surface area contributed by atoms with E-state index in [9.17, 15) is 4.79 Å². The lowest BCUT2D eigenvalue weighted by molar-refractivity contribution is -0.115. The van der Waals surface area contributed by atoms with Gasteiger partial charge in [0.2, 0.25) is 5.91 Å². The number of halogens is 2. The van der Waals surface area contributed by atoms with Crippen molar-refractivity contribution >= 4 is 44.8 Å². The zero-order valence-electron chi connectivity index (χ0n) is 10.9. The van der Waals surface area contributed by atoms with E-state index in [-0.39, 0.29) is 5.91 Å². The Labute approximate surface area is 130 Å². The Morgan fingerprint density at radius 3 is 2.85 bits per heavy atom. The Bertz CT molecular complexity index is 613. The van der Waals surface area contributed by atoms with Crippen LogP contribution in [0.25, 0.3) is 0 Å². The Morgan fingerprint density at radius 2 is 2.20 bits per heavy atom. The van der Waals surface area contributed by atoms with Crippen molar-refractivity contribution < 1.29 is 9.21 Å². The summed E-state index contributed by atoms with van der Waals surface area (Å²) in [6.45, 7) is 2.30. The van der Waals surface area contributed by atoms with Gasteiger partial charge in [0.1, 0.15) is 5.76 Å². The van der Waals surface area contributed by atoms with Crippen molar-refractivity contribution in [2.24, 2.45) is 0 Å². The van der Waals surface area contributed by atoms with E-state index in [1.807, 2.05) is 6.07 Å². The molecule has 1 amide bonds. The molecule has 1 heterocycles. The molecule has 20 heavy (non-hydrogen) atoms. The highest BCUT2D eigenvalue weighted by molar-refractivity contribution is 9.10. The van der Waals surface area contributed by atoms with Crippen LogP contribution in [0.3, 0.4) is 0 Å². The highest BCUT2D eigenvalue weighted by Gasteiger charge is 2.07. The molecule has 4 nitrogen and oxygen atoms in total. The van der Waals surface area contributed by atoms with Gasteiger partial charge in [0.15, 0.2) is 0 Å².